The molecule has 0 aliphatic carbocycles. The van der Waals surface area contributed by atoms with Crippen LogP contribution >= 0.6 is 0 Å². The maximum atomic E-state index is 12.8. The van der Waals surface area contributed by atoms with Crippen LogP contribution in [0.1, 0.15) is 29.5 Å². The van der Waals surface area contributed by atoms with Crippen LogP contribution in [0.2, 0.25) is 0 Å². The molecule has 2 amide bonds. The van der Waals surface area contributed by atoms with Gasteiger partial charge in [-0.15, -0.1) is 0 Å². The van der Waals surface area contributed by atoms with Crippen LogP contribution in [-0.2, 0) is 24.3 Å². The van der Waals surface area contributed by atoms with E-state index in [4.69, 9.17) is 9.47 Å². The number of likely N-dealkylation sites (tertiary alicyclic amines) is 1. The fourth-order valence-corrected chi connectivity index (χ4v) is 3.74. The molecule has 0 saturated carbocycles. The third kappa shape index (κ3) is 4.80. The van der Waals surface area contributed by atoms with E-state index >= 15 is 0 Å². The second kappa shape index (κ2) is 9.42. The standard InChI is InChI=1S/C22H28N2O3/c1-26-16-19-10-4-3-9-18(19)15-23-22(25)24-13-7-11-20(24)14-17-8-5-6-12-21(17)27-2/h3-6,8-10,12,20H,7,11,13-16H2,1-2H3,(H,23,25). The van der Waals surface area contributed by atoms with Gasteiger partial charge in [0, 0.05) is 26.2 Å². The van der Waals surface area contributed by atoms with Crippen molar-refractivity contribution in [2.75, 3.05) is 20.8 Å². The number of carbonyl (C=O) groups is 1. The van der Waals surface area contributed by atoms with Crippen molar-refractivity contribution < 1.29 is 14.3 Å². The smallest absolute Gasteiger partial charge is 0.317 e. The Morgan fingerprint density at radius 3 is 2.52 bits per heavy atom. The first-order valence-corrected chi connectivity index (χ1v) is 9.45. The number of hydrogen-bond acceptors (Lipinski definition) is 3. The second-order valence-corrected chi connectivity index (χ2v) is 6.87. The van der Waals surface area contributed by atoms with Gasteiger partial charge < -0.3 is 19.7 Å². The highest BCUT2D eigenvalue weighted by molar-refractivity contribution is 5.75. The highest BCUT2D eigenvalue weighted by atomic mass is 16.5. The number of para-hydroxylation sites is 1. The van der Waals surface area contributed by atoms with Crippen molar-refractivity contribution in [3.8, 4) is 5.75 Å². The van der Waals surface area contributed by atoms with Crippen LogP contribution in [0, 0.1) is 0 Å². The number of carbonyl (C=O) groups excluding carboxylic acids is 1. The second-order valence-electron chi connectivity index (χ2n) is 6.87. The average molecular weight is 368 g/mol. The summed E-state index contributed by atoms with van der Waals surface area (Å²) in [6.07, 6.45) is 2.87. The molecule has 1 unspecified atom stereocenters. The molecule has 2 aromatic rings. The molecular formula is C22H28N2O3. The van der Waals surface area contributed by atoms with Gasteiger partial charge in [-0.05, 0) is 42.0 Å². The van der Waals surface area contributed by atoms with Crippen LogP contribution in [0.5, 0.6) is 5.75 Å². The van der Waals surface area contributed by atoms with Gasteiger partial charge in [-0.25, -0.2) is 4.79 Å². The molecule has 0 aromatic heterocycles. The molecule has 27 heavy (non-hydrogen) atoms. The number of hydrogen-bond donors (Lipinski definition) is 1. The summed E-state index contributed by atoms with van der Waals surface area (Å²) in [7, 11) is 3.37. The van der Waals surface area contributed by atoms with Crippen LogP contribution in [-0.4, -0.2) is 37.7 Å². The van der Waals surface area contributed by atoms with Gasteiger partial charge >= 0.3 is 6.03 Å². The molecule has 5 heteroatoms. The zero-order valence-corrected chi connectivity index (χ0v) is 16.1. The first-order chi connectivity index (χ1) is 13.2. The normalized spacial score (nSPS) is 16.4. The summed E-state index contributed by atoms with van der Waals surface area (Å²) in [5.74, 6) is 0.887. The quantitative estimate of drug-likeness (QED) is 0.810. The van der Waals surface area contributed by atoms with E-state index in [2.05, 4.69) is 11.4 Å². The molecule has 1 saturated heterocycles. The van der Waals surface area contributed by atoms with E-state index in [9.17, 15) is 4.79 Å². The summed E-state index contributed by atoms with van der Waals surface area (Å²) >= 11 is 0. The van der Waals surface area contributed by atoms with E-state index in [0.717, 1.165) is 48.2 Å². The molecule has 2 aromatic carbocycles. The molecule has 5 nitrogen and oxygen atoms in total. The van der Waals surface area contributed by atoms with Crippen molar-refractivity contribution >= 4 is 6.03 Å². The number of methoxy groups -OCH3 is 2. The summed E-state index contributed by atoms with van der Waals surface area (Å²) in [5, 5.41) is 3.08. The summed E-state index contributed by atoms with van der Waals surface area (Å²) in [6, 6.07) is 16.3. The number of rotatable bonds is 7. The van der Waals surface area contributed by atoms with Crippen molar-refractivity contribution in [3.63, 3.8) is 0 Å². The molecule has 1 fully saturated rings. The predicted molar refractivity (Wildman–Crippen MR) is 106 cm³/mol. The Morgan fingerprint density at radius 1 is 1.07 bits per heavy atom. The molecule has 0 bridgehead atoms. The molecule has 144 valence electrons. The van der Waals surface area contributed by atoms with Crippen molar-refractivity contribution in [1.82, 2.24) is 10.2 Å². The Bertz CT molecular complexity index is 763. The van der Waals surface area contributed by atoms with E-state index in [1.807, 2.05) is 47.4 Å². The Labute approximate surface area is 161 Å². The topological polar surface area (TPSA) is 50.8 Å². The minimum absolute atomic E-state index is 0.000354. The lowest BCUT2D eigenvalue weighted by Crippen LogP contribution is -2.43. The van der Waals surface area contributed by atoms with Crippen LogP contribution in [0.25, 0.3) is 0 Å². The number of nitrogens with one attached hydrogen (secondary N) is 1. The minimum atomic E-state index is -0.000354. The Morgan fingerprint density at radius 2 is 1.78 bits per heavy atom. The minimum Gasteiger partial charge on any atom is -0.496 e. The monoisotopic (exact) mass is 368 g/mol. The largest absolute Gasteiger partial charge is 0.496 e. The number of urea groups is 1. The maximum absolute atomic E-state index is 12.8. The lowest BCUT2D eigenvalue weighted by molar-refractivity contribution is 0.183. The van der Waals surface area contributed by atoms with Gasteiger partial charge in [-0.3, -0.25) is 0 Å². The molecule has 0 radical (unpaired) electrons. The highest BCUT2D eigenvalue weighted by Gasteiger charge is 2.29. The summed E-state index contributed by atoms with van der Waals surface area (Å²) in [5.41, 5.74) is 3.34. The van der Waals surface area contributed by atoms with Gasteiger partial charge in [0.2, 0.25) is 0 Å². The number of nitrogens with zero attached hydrogens (tertiary/aromatic N) is 1. The maximum Gasteiger partial charge on any atom is 0.317 e. The van der Waals surface area contributed by atoms with Gasteiger partial charge in [-0.1, -0.05) is 42.5 Å². The molecule has 1 atom stereocenters. The van der Waals surface area contributed by atoms with E-state index in [1.54, 1.807) is 14.2 Å². The zero-order chi connectivity index (χ0) is 19.1. The van der Waals surface area contributed by atoms with Crippen molar-refractivity contribution in [2.45, 2.75) is 38.5 Å². The summed E-state index contributed by atoms with van der Waals surface area (Å²) < 4.78 is 10.7. The lowest BCUT2D eigenvalue weighted by atomic mass is 10.0. The molecule has 0 spiro atoms. The van der Waals surface area contributed by atoms with Gasteiger partial charge in [0.15, 0.2) is 0 Å². The molecule has 1 aliphatic heterocycles. The summed E-state index contributed by atoms with van der Waals surface area (Å²) in [6.45, 7) is 1.85. The number of amides is 2. The van der Waals surface area contributed by atoms with Gasteiger partial charge in [-0.2, -0.15) is 0 Å². The zero-order valence-electron chi connectivity index (χ0n) is 16.1. The van der Waals surface area contributed by atoms with Crippen LogP contribution in [0.15, 0.2) is 48.5 Å². The van der Waals surface area contributed by atoms with Crippen LogP contribution in [0.3, 0.4) is 0 Å². The van der Waals surface area contributed by atoms with Crippen molar-refractivity contribution in [1.29, 1.82) is 0 Å². The fraction of sp³-hybridized carbons (Fsp3) is 0.409. The summed E-state index contributed by atoms with van der Waals surface area (Å²) in [4.78, 5) is 14.8. The van der Waals surface area contributed by atoms with E-state index in [-0.39, 0.29) is 12.1 Å². The number of ether oxygens (including phenoxy) is 2. The van der Waals surface area contributed by atoms with E-state index in [0.29, 0.717) is 13.2 Å². The Kier molecular flexibility index (Phi) is 6.71. The lowest BCUT2D eigenvalue weighted by Gasteiger charge is -2.26. The van der Waals surface area contributed by atoms with E-state index < -0.39 is 0 Å². The highest BCUT2D eigenvalue weighted by Crippen LogP contribution is 2.26. The average Bonchev–Trinajstić information content (AvgIpc) is 3.16. The van der Waals surface area contributed by atoms with Gasteiger partial charge in [0.05, 0.1) is 13.7 Å². The Hall–Kier alpha value is -2.53. The molecule has 3 rings (SSSR count). The van der Waals surface area contributed by atoms with Gasteiger partial charge in [0.25, 0.3) is 0 Å². The van der Waals surface area contributed by atoms with Crippen molar-refractivity contribution in [3.05, 3.63) is 65.2 Å². The third-order valence-corrected chi connectivity index (χ3v) is 5.13. The molecule has 1 N–H and O–H groups in total. The fourth-order valence-electron chi connectivity index (χ4n) is 3.74. The van der Waals surface area contributed by atoms with E-state index in [1.165, 1.54) is 0 Å². The first kappa shape index (κ1) is 19.2. The first-order valence-electron chi connectivity index (χ1n) is 9.45. The molecular weight excluding hydrogens is 340 g/mol. The van der Waals surface area contributed by atoms with Gasteiger partial charge in [0.1, 0.15) is 5.75 Å². The predicted octanol–water partition coefficient (Wildman–Crippen LogP) is 3.76. The molecule has 1 heterocycles. The third-order valence-electron chi connectivity index (χ3n) is 5.13. The van der Waals surface area contributed by atoms with Crippen molar-refractivity contribution in [2.24, 2.45) is 0 Å². The molecule has 1 aliphatic rings. The Balaban J connectivity index is 1.62. The number of benzene rings is 2. The SMILES string of the molecule is COCc1ccccc1CNC(=O)N1CCCC1Cc1ccccc1OC. The van der Waals surface area contributed by atoms with Crippen LogP contribution in [0.4, 0.5) is 4.79 Å². The van der Waals surface area contributed by atoms with Crippen LogP contribution < -0.4 is 10.1 Å².